The standard InChI is InChI=1S/C13H13FO2S/c1-8(15)13-10(14)4-3-5-12(13)17-11-6-7-16-9(11)2/h3-8,15H,1-2H3. The number of hydrogen-bond acceptors (Lipinski definition) is 3. The van der Waals surface area contributed by atoms with Gasteiger partial charge in [-0.15, -0.1) is 0 Å². The molecule has 1 aromatic heterocycles. The first-order chi connectivity index (χ1) is 8.09. The van der Waals surface area contributed by atoms with Crippen LogP contribution in [0.1, 0.15) is 24.4 Å². The molecule has 2 rings (SSSR count). The van der Waals surface area contributed by atoms with E-state index >= 15 is 0 Å². The molecule has 0 amide bonds. The first kappa shape index (κ1) is 12.2. The predicted molar refractivity (Wildman–Crippen MR) is 64.6 cm³/mol. The lowest BCUT2D eigenvalue weighted by molar-refractivity contribution is 0.191. The van der Waals surface area contributed by atoms with Crippen molar-refractivity contribution >= 4 is 11.8 Å². The minimum absolute atomic E-state index is 0.332. The lowest BCUT2D eigenvalue weighted by atomic mass is 10.1. The van der Waals surface area contributed by atoms with Gasteiger partial charge in [-0.3, -0.25) is 0 Å². The molecule has 4 heteroatoms. The van der Waals surface area contributed by atoms with Crippen LogP contribution in [-0.2, 0) is 0 Å². The van der Waals surface area contributed by atoms with Gasteiger partial charge in [-0.05, 0) is 32.0 Å². The summed E-state index contributed by atoms with van der Waals surface area (Å²) in [4.78, 5) is 1.64. The van der Waals surface area contributed by atoms with Crippen LogP contribution in [0.15, 0.2) is 44.7 Å². The van der Waals surface area contributed by atoms with E-state index in [4.69, 9.17) is 4.42 Å². The van der Waals surface area contributed by atoms with Crippen LogP contribution in [0.3, 0.4) is 0 Å². The van der Waals surface area contributed by atoms with E-state index in [1.807, 2.05) is 13.0 Å². The molecule has 1 heterocycles. The highest BCUT2D eigenvalue weighted by atomic mass is 32.2. The third-order valence-electron chi connectivity index (χ3n) is 2.46. The van der Waals surface area contributed by atoms with Crippen LogP contribution in [0.5, 0.6) is 0 Å². The topological polar surface area (TPSA) is 33.4 Å². The van der Waals surface area contributed by atoms with E-state index in [2.05, 4.69) is 0 Å². The maximum absolute atomic E-state index is 13.6. The van der Waals surface area contributed by atoms with E-state index in [1.165, 1.54) is 17.8 Å². The van der Waals surface area contributed by atoms with E-state index in [0.717, 1.165) is 10.7 Å². The number of hydrogen-bond donors (Lipinski definition) is 1. The molecule has 1 atom stereocenters. The maximum Gasteiger partial charge on any atom is 0.130 e. The van der Waals surface area contributed by atoms with Crippen LogP contribution in [0.2, 0.25) is 0 Å². The Morgan fingerprint density at radius 1 is 1.29 bits per heavy atom. The Bertz CT molecular complexity index is 520. The fraction of sp³-hybridized carbons (Fsp3) is 0.231. The smallest absolute Gasteiger partial charge is 0.130 e. The zero-order valence-corrected chi connectivity index (χ0v) is 10.4. The molecule has 0 aliphatic rings. The summed E-state index contributed by atoms with van der Waals surface area (Å²) in [6.45, 7) is 3.41. The highest BCUT2D eigenvalue weighted by Crippen LogP contribution is 2.36. The highest BCUT2D eigenvalue weighted by Gasteiger charge is 2.15. The van der Waals surface area contributed by atoms with Gasteiger partial charge in [0.15, 0.2) is 0 Å². The van der Waals surface area contributed by atoms with Gasteiger partial charge in [-0.1, -0.05) is 17.8 Å². The molecule has 2 nitrogen and oxygen atoms in total. The Morgan fingerprint density at radius 2 is 2.06 bits per heavy atom. The summed E-state index contributed by atoms with van der Waals surface area (Å²) < 4.78 is 18.8. The van der Waals surface area contributed by atoms with Crippen LogP contribution >= 0.6 is 11.8 Å². The SMILES string of the molecule is Cc1occc1Sc1cccc(F)c1C(C)O. The number of halogens is 1. The van der Waals surface area contributed by atoms with Crippen LogP contribution in [-0.4, -0.2) is 5.11 Å². The summed E-state index contributed by atoms with van der Waals surface area (Å²) in [5, 5.41) is 9.61. The van der Waals surface area contributed by atoms with Gasteiger partial charge in [0.05, 0.1) is 17.3 Å². The molecule has 0 radical (unpaired) electrons. The number of benzene rings is 1. The molecular weight excluding hydrogens is 239 g/mol. The summed E-state index contributed by atoms with van der Waals surface area (Å²) in [5.41, 5.74) is 0.332. The zero-order valence-electron chi connectivity index (χ0n) is 9.61. The average molecular weight is 252 g/mol. The normalized spacial score (nSPS) is 12.7. The predicted octanol–water partition coefficient (Wildman–Crippen LogP) is 3.93. The monoisotopic (exact) mass is 252 g/mol. The number of aliphatic hydroxyl groups excluding tert-OH is 1. The molecule has 17 heavy (non-hydrogen) atoms. The third-order valence-corrected chi connectivity index (χ3v) is 3.68. The summed E-state index contributed by atoms with van der Waals surface area (Å²) in [6.07, 6.45) is 0.768. The number of aliphatic hydroxyl groups is 1. The molecule has 1 aromatic carbocycles. The van der Waals surface area contributed by atoms with Gasteiger partial charge in [0.2, 0.25) is 0 Å². The van der Waals surface area contributed by atoms with Crippen LogP contribution in [0, 0.1) is 12.7 Å². The first-order valence-electron chi connectivity index (χ1n) is 5.28. The van der Waals surface area contributed by atoms with Gasteiger partial charge in [0.1, 0.15) is 11.6 Å². The molecule has 0 aliphatic carbocycles. The van der Waals surface area contributed by atoms with Crippen molar-refractivity contribution in [2.24, 2.45) is 0 Å². The van der Waals surface area contributed by atoms with Crippen molar-refractivity contribution in [3.05, 3.63) is 47.7 Å². The zero-order chi connectivity index (χ0) is 12.4. The van der Waals surface area contributed by atoms with Gasteiger partial charge < -0.3 is 9.52 Å². The molecule has 0 saturated heterocycles. The van der Waals surface area contributed by atoms with Crippen molar-refractivity contribution < 1.29 is 13.9 Å². The van der Waals surface area contributed by atoms with Crippen molar-refractivity contribution in [1.29, 1.82) is 0 Å². The molecule has 2 aromatic rings. The Hall–Kier alpha value is -1.26. The van der Waals surface area contributed by atoms with Gasteiger partial charge >= 0.3 is 0 Å². The molecule has 0 aliphatic heterocycles. The van der Waals surface area contributed by atoms with Gasteiger partial charge in [-0.2, -0.15) is 0 Å². The van der Waals surface area contributed by atoms with Gasteiger partial charge in [0, 0.05) is 10.5 Å². The van der Waals surface area contributed by atoms with Crippen molar-refractivity contribution in [3.8, 4) is 0 Å². The average Bonchev–Trinajstić information content (AvgIpc) is 2.64. The molecule has 1 unspecified atom stereocenters. The Kier molecular flexibility index (Phi) is 3.54. The first-order valence-corrected chi connectivity index (χ1v) is 6.09. The molecule has 0 bridgehead atoms. The molecule has 0 saturated carbocycles. The maximum atomic E-state index is 13.6. The van der Waals surface area contributed by atoms with E-state index < -0.39 is 6.10 Å². The second-order valence-corrected chi connectivity index (χ2v) is 4.85. The van der Waals surface area contributed by atoms with E-state index in [-0.39, 0.29) is 5.82 Å². The van der Waals surface area contributed by atoms with Crippen molar-refractivity contribution in [3.63, 3.8) is 0 Å². The minimum atomic E-state index is -0.828. The Morgan fingerprint density at radius 3 is 2.65 bits per heavy atom. The summed E-state index contributed by atoms with van der Waals surface area (Å²) in [5.74, 6) is 0.405. The fourth-order valence-electron chi connectivity index (χ4n) is 1.61. The molecule has 0 spiro atoms. The highest BCUT2D eigenvalue weighted by molar-refractivity contribution is 7.99. The molecule has 90 valence electrons. The van der Waals surface area contributed by atoms with Gasteiger partial charge in [0.25, 0.3) is 0 Å². The second kappa shape index (κ2) is 4.94. The lowest BCUT2D eigenvalue weighted by Gasteiger charge is -2.12. The number of aryl methyl sites for hydroxylation is 1. The van der Waals surface area contributed by atoms with Crippen LogP contribution in [0.25, 0.3) is 0 Å². The quantitative estimate of drug-likeness (QED) is 0.898. The molecule has 1 N–H and O–H groups in total. The molecular formula is C13H13FO2S. The van der Waals surface area contributed by atoms with Gasteiger partial charge in [-0.25, -0.2) is 4.39 Å². The van der Waals surface area contributed by atoms with Crippen LogP contribution in [0.4, 0.5) is 4.39 Å². The van der Waals surface area contributed by atoms with Crippen molar-refractivity contribution in [2.75, 3.05) is 0 Å². The van der Waals surface area contributed by atoms with Crippen LogP contribution < -0.4 is 0 Å². The Balaban J connectivity index is 2.39. The second-order valence-electron chi connectivity index (χ2n) is 3.77. The largest absolute Gasteiger partial charge is 0.468 e. The minimum Gasteiger partial charge on any atom is -0.468 e. The number of rotatable bonds is 3. The lowest BCUT2D eigenvalue weighted by Crippen LogP contribution is -1.98. The van der Waals surface area contributed by atoms with E-state index in [9.17, 15) is 9.50 Å². The Labute approximate surface area is 103 Å². The molecule has 0 fully saturated rings. The fourth-order valence-corrected chi connectivity index (χ4v) is 2.69. The summed E-state index contributed by atoms with van der Waals surface area (Å²) in [6, 6.07) is 6.62. The summed E-state index contributed by atoms with van der Waals surface area (Å²) >= 11 is 1.40. The van der Waals surface area contributed by atoms with Crippen molar-refractivity contribution in [1.82, 2.24) is 0 Å². The van der Waals surface area contributed by atoms with Crippen molar-refractivity contribution in [2.45, 2.75) is 29.7 Å². The third kappa shape index (κ3) is 2.53. The number of furan rings is 1. The van der Waals surface area contributed by atoms with E-state index in [1.54, 1.807) is 25.3 Å². The summed E-state index contributed by atoms with van der Waals surface area (Å²) in [7, 11) is 0. The van der Waals surface area contributed by atoms with E-state index in [0.29, 0.717) is 10.5 Å².